The van der Waals surface area contributed by atoms with Crippen LogP contribution in [0.4, 0.5) is 0 Å². The number of hydrogen-bond acceptors (Lipinski definition) is 7. The number of Topliss-reactive ketones (excluding diaryl/α,β-unsaturated/α-hetero) is 1. The van der Waals surface area contributed by atoms with Crippen molar-refractivity contribution in [3.63, 3.8) is 0 Å². The van der Waals surface area contributed by atoms with Crippen molar-refractivity contribution in [2.24, 2.45) is 0 Å². The summed E-state index contributed by atoms with van der Waals surface area (Å²) in [5.74, 6) is -0.166. The lowest BCUT2D eigenvalue weighted by Gasteiger charge is -2.25. The molecule has 33 heavy (non-hydrogen) atoms. The molecule has 0 aliphatic carbocycles. The summed E-state index contributed by atoms with van der Waals surface area (Å²) in [5.41, 5.74) is 1.75. The summed E-state index contributed by atoms with van der Waals surface area (Å²) in [6.07, 6.45) is 3.27. The van der Waals surface area contributed by atoms with Crippen LogP contribution in [0.15, 0.2) is 72.6 Å². The molecule has 0 saturated carbocycles. The predicted octanol–water partition coefficient (Wildman–Crippen LogP) is 3.44. The highest BCUT2D eigenvalue weighted by molar-refractivity contribution is 6.46. The predicted molar refractivity (Wildman–Crippen MR) is 118 cm³/mol. The Labute approximate surface area is 189 Å². The van der Waals surface area contributed by atoms with E-state index < -0.39 is 17.7 Å². The monoisotopic (exact) mass is 444 g/mol. The molecular formula is C25H20N2O6. The minimum absolute atomic E-state index is 0.00370. The van der Waals surface area contributed by atoms with Crippen molar-refractivity contribution < 1.29 is 28.9 Å². The lowest BCUT2D eigenvalue weighted by Crippen LogP contribution is -2.29. The van der Waals surface area contributed by atoms with E-state index in [9.17, 15) is 14.7 Å². The zero-order valence-corrected chi connectivity index (χ0v) is 17.7. The highest BCUT2D eigenvalue weighted by atomic mass is 16.7. The molecule has 0 bridgehead atoms. The summed E-state index contributed by atoms with van der Waals surface area (Å²) in [6, 6.07) is 14.7. The van der Waals surface area contributed by atoms with E-state index in [0.29, 0.717) is 28.4 Å². The average Bonchev–Trinajstić information content (AvgIpc) is 3.42. The standard InChI is InChI=1S/C25H20N2O6/c1-31-18-6-2-5-16(10-18)22-21(23(28)17-7-8-19-20(11-17)33-14-32-19)24(29)25(30)27(22)13-15-4-3-9-26-12-15/h2-12,22,28H,13-14H2,1H3/b23-21+. The largest absolute Gasteiger partial charge is 0.507 e. The summed E-state index contributed by atoms with van der Waals surface area (Å²) >= 11 is 0. The van der Waals surface area contributed by atoms with Gasteiger partial charge in [0.1, 0.15) is 11.5 Å². The third kappa shape index (κ3) is 3.65. The van der Waals surface area contributed by atoms with Crippen LogP contribution in [0.5, 0.6) is 17.2 Å². The maximum atomic E-state index is 13.2. The van der Waals surface area contributed by atoms with E-state index in [4.69, 9.17) is 14.2 Å². The Hall–Kier alpha value is -4.33. The summed E-state index contributed by atoms with van der Waals surface area (Å²) < 4.78 is 16.1. The Kier molecular flexibility index (Phi) is 5.18. The van der Waals surface area contributed by atoms with E-state index in [1.807, 2.05) is 6.07 Å². The first-order valence-electron chi connectivity index (χ1n) is 10.3. The number of carbonyl (C=O) groups excluding carboxylic acids is 2. The number of rotatable bonds is 5. The van der Waals surface area contributed by atoms with Gasteiger partial charge in [0.2, 0.25) is 6.79 Å². The van der Waals surface area contributed by atoms with Crippen LogP contribution in [0.25, 0.3) is 5.76 Å². The number of ketones is 1. The lowest BCUT2D eigenvalue weighted by atomic mass is 9.95. The average molecular weight is 444 g/mol. The number of amides is 1. The lowest BCUT2D eigenvalue weighted by molar-refractivity contribution is -0.140. The van der Waals surface area contributed by atoms with E-state index in [2.05, 4.69) is 4.98 Å². The van der Waals surface area contributed by atoms with Crippen LogP contribution in [0, 0.1) is 0 Å². The van der Waals surface area contributed by atoms with Gasteiger partial charge in [0.15, 0.2) is 11.5 Å². The molecule has 0 radical (unpaired) electrons. The highest BCUT2D eigenvalue weighted by Crippen LogP contribution is 2.42. The minimum atomic E-state index is -0.814. The first kappa shape index (κ1) is 20.6. The van der Waals surface area contributed by atoms with Crippen molar-refractivity contribution in [1.29, 1.82) is 0 Å². The van der Waals surface area contributed by atoms with Crippen molar-refractivity contribution in [3.8, 4) is 17.2 Å². The van der Waals surface area contributed by atoms with Gasteiger partial charge in [0.25, 0.3) is 11.7 Å². The molecule has 1 atom stereocenters. The van der Waals surface area contributed by atoms with Gasteiger partial charge in [-0.05, 0) is 47.5 Å². The molecule has 2 aliphatic heterocycles. The molecule has 8 nitrogen and oxygen atoms in total. The van der Waals surface area contributed by atoms with Crippen LogP contribution in [0.2, 0.25) is 0 Å². The Morgan fingerprint density at radius 1 is 1.12 bits per heavy atom. The SMILES string of the molecule is COc1cccc(C2/C(=C(\O)c3ccc4c(c3)OCO4)C(=O)C(=O)N2Cc2cccnc2)c1. The Balaban J connectivity index is 1.65. The number of aliphatic hydroxyl groups excluding tert-OH is 1. The molecule has 1 saturated heterocycles. The van der Waals surface area contributed by atoms with Crippen molar-refractivity contribution in [3.05, 3.63) is 89.3 Å². The molecule has 5 rings (SSSR count). The van der Waals surface area contributed by atoms with Gasteiger partial charge in [-0.1, -0.05) is 18.2 Å². The third-order valence-corrected chi connectivity index (χ3v) is 5.67. The van der Waals surface area contributed by atoms with Crippen molar-refractivity contribution in [1.82, 2.24) is 9.88 Å². The fourth-order valence-electron chi connectivity index (χ4n) is 4.09. The number of nitrogens with zero attached hydrogens (tertiary/aromatic N) is 2. The maximum Gasteiger partial charge on any atom is 0.295 e. The molecule has 3 heterocycles. The molecule has 1 fully saturated rings. The molecule has 1 unspecified atom stereocenters. The smallest absolute Gasteiger partial charge is 0.295 e. The van der Waals surface area contributed by atoms with Crippen molar-refractivity contribution >= 4 is 17.4 Å². The maximum absolute atomic E-state index is 13.2. The second kappa shape index (κ2) is 8.31. The first-order chi connectivity index (χ1) is 16.1. The normalized spacial score (nSPS) is 18.6. The second-order valence-corrected chi connectivity index (χ2v) is 7.63. The van der Waals surface area contributed by atoms with E-state index in [1.54, 1.807) is 60.9 Å². The third-order valence-electron chi connectivity index (χ3n) is 5.67. The van der Waals surface area contributed by atoms with E-state index in [1.165, 1.54) is 12.0 Å². The van der Waals surface area contributed by atoms with Gasteiger partial charge in [-0.15, -0.1) is 0 Å². The number of pyridine rings is 1. The zero-order valence-electron chi connectivity index (χ0n) is 17.7. The van der Waals surface area contributed by atoms with Crippen LogP contribution in [0.1, 0.15) is 22.7 Å². The molecule has 2 aromatic carbocycles. The number of ether oxygens (including phenoxy) is 3. The molecule has 1 amide bonds. The summed E-state index contributed by atoms with van der Waals surface area (Å²) in [4.78, 5) is 31.8. The summed E-state index contributed by atoms with van der Waals surface area (Å²) in [7, 11) is 1.54. The number of hydrogen-bond donors (Lipinski definition) is 1. The van der Waals surface area contributed by atoms with Gasteiger partial charge in [0, 0.05) is 24.5 Å². The Bertz CT molecular complexity index is 1270. The van der Waals surface area contributed by atoms with Gasteiger partial charge in [0.05, 0.1) is 18.7 Å². The molecule has 166 valence electrons. The number of carbonyl (C=O) groups is 2. The molecular weight excluding hydrogens is 424 g/mol. The van der Waals surface area contributed by atoms with E-state index in [-0.39, 0.29) is 24.7 Å². The summed E-state index contributed by atoms with van der Waals surface area (Å²) in [6.45, 7) is 0.233. The molecule has 3 aromatic rings. The van der Waals surface area contributed by atoms with Crippen molar-refractivity contribution in [2.45, 2.75) is 12.6 Å². The van der Waals surface area contributed by atoms with Gasteiger partial charge >= 0.3 is 0 Å². The van der Waals surface area contributed by atoms with Gasteiger partial charge in [-0.25, -0.2) is 0 Å². The topological polar surface area (TPSA) is 98.2 Å². The highest BCUT2D eigenvalue weighted by Gasteiger charge is 2.46. The number of fused-ring (bicyclic) bond motifs is 1. The van der Waals surface area contributed by atoms with Crippen LogP contribution < -0.4 is 14.2 Å². The number of likely N-dealkylation sites (tertiary alicyclic amines) is 1. The van der Waals surface area contributed by atoms with E-state index >= 15 is 0 Å². The van der Waals surface area contributed by atoms with Gasteiger partial charge in [-0.2, -0.15) is 0 Å². The molecule has 8 heteroatoms. The minimum Gasteiger partial charge on any atom is -0.507 e. The van der Waals surface area contributed by atoms with Crippen LogP contribution in [-0.2, 0) is 16.1 Å². The molecule has 1 N–H and O–H groups in total. The number of methoxy groups -OCH3 is 1. The molecule has 0 spiro atoms. The fraction of sp³-hybridized carbons (Fsp3) is 0.160. The fourth-order valence-corrected chi connectivity index (χ4v) is 4.09. The van der Waals surface area contributed by atoms with Crippen LogP contribution >= 0.6 is 0 Å². The quantitative estimate of drug-likeness (QED) is 0.366. The van der Waals surface area contributed by atoms with Gasteiger partial charge < -0.3 is 24.2 Å². The van der Waals surface area contributed by atoms with Crippen molar-refractivity contribution in [2.75, 3.05) is 13.9 Å². The van der Waals surface area contributed by atoms with E-state index in [0.717, 1.165) is 5.56 Å². The van der Waals surface area contributed by atoms with Crippen LogP contribution in [-0.4, -0.2) is 40.6 Å². The number of aliphatic hydroxyl groups is 1. The number of aromatic nitrogens is 1. The zero-order chi connectivity index (χ0) is 22.9. The Morgan fingerprint density at radius 2 is 1.97 bits per heavy atom. The van der Waals surface area contributed by atoms with Crippen LogP contribution in [0.3, 0.4) is 0 Å². The van der Waals surface area contributed by atoms with Gasteiger partial charge in [-0.3, -0.25) is 14.6 Å². The second-order valence-electron chi connectivity index (χ2n) is 7.63. The summed E-state index contributed by atoms with van der Waals surface area (Å²) in [5, 5.41) is 11.2. The molecule has 2 aliphatic rings. The number of benzene rings is 2. The Morgan fingerprint density at radius 3 is 2.76 bits per heavy atom. The molecule has 1 aromatic heterocycles. The first-order valence-corrected chi connectivity index (χ1v) is 10.3.